The summed E-state index contributed by atoms with van der Waals surface area (Å²) in [5.41, 5.74) is 21.7. The molecule has 2 aliphatic rings. The van der Waals surface area contributed by atoms with E-state index in [1.54, 1.807) is 0 Å². The van der Waals surface area contributed by atoms with E-state index in [9.17, 15) is 0 Å². The summed E-state index contributed by atoms with van der Waals surface area (Å²) in [6, 6.07) is 109. The van der Waals surface area contributed by atoms with Gasteiger partial charge in [0.15, 0.2) is 0 Å². The van der Waals surface area contributed by atoms with Crippen molar-refractivity contribution in [2.45, 2.75) is 130 Å². The fourth-order valence-corrected chi connectivity index (χ4v) is 21.8. The zero-order chi connectivity index (χ0) is 74.1. The van der Waals surface area contributed by atoms with E-state index in [2.05, 4.69) is 404 Å². The van der Waals surface area contributed by atoms with Gasteiger partial charge in [-0.1, -0.05) is 260 Å². The van der Waals surface area contributed by atoms with Gasteiger partial charge in [0.05, 0.1) is 47.0 Å². The van der Waals surface area contributed by atoms with Crippen LogP contribution in [0.25, 0.3) is 64.6 Å². The fourth-order valence-electron chi connectivity index (χ4n) is 17.8. The van der Waals surface area contributed by atoms with Crippen molar-refractivity contribution in [3.8, 4) is 0 Å². The Bertz CT molecular complexity index is 5900. The number of benzene rings is 16. The number of hydrogen-bond acceptors (Lipinski definition) is 4. The van der Waals surface area contributed by atoms with E-state index in [-0.39, 0.29) is 10.8 Å². The minimum Gasteiger partial charge on any atom is -0.310 e. The summed E-state index contributed by atoms with van der Waals surface area (Å²) < 4.78 is 0. The van der Waals surface area contributed by atoms with Crippen molar-refractivity contribution in [2.75, 3.05) is 19.6 Å². The van der Waals surface area contributed by atoms with Crippen LogP contribution < -0.4 is 35.2 Å². The van der Waals surface area contributed by atoms with Crippen LogP contribution in [0.2, 0.25) is 58.9 Å². The van der Waals surface area contributed by atoms with E-state index < -0.39 is 24.2 Å². The number of rotatable bonds is 15. The van der Waals surface area contributed by atoms with Crippen molar-refractivity contribution < 1.29 is 0 Å². The molecule has 0 bridgehead atoms. The van der Waals surface area contributed by atoms with Gasteiger partial charge in [-0.25, -0.2) is 0 Å². The molecule has 0 atom stereocenters. The summed E-state index contributed by atoms with van der Waals surface area (Å²) >= 11 is 0. The second kappa shape index (κ2) is 26.4. The lowest BCUT2D eigenvalue weighted by molar-refractivity contribution is 0.475. The molecule has 0 heterocycles. The van der Waals surface area contributed by atoms with Gasteiger partial charge in [-0.2, -0.15) is 0 Å². The monoisotopic (exact) mass is 1440 g/mol. The fraction of sp³-hybridized carbons (Fsp3) is 0.200. The van der Waals surface area contributed by atoms with Gasteiger partial charge in [-0.15, -0.1) is 0 Å². The third-order valence-electron chi connectivity index (χ3n) is 23.6. The standard InChI is InChI=1S/C52H54N2Si2.C48H44N2Si/c1-35-32-47(53(37-16-12-10-13-17-37)39-20-24-41(25-21-39)55(4,5)6)45-34-46-49-36(30-31-52(46,2)3)33-48(44-29-28-43(35)50(45)51(44)49)54(38-18-14-11-15-19-38)40-22-26-42(27-23-40)56(7,8)9;1-48(2)29-28-33-30-42(49(34-18-10-6-11-19-34)35-20-12-7-13-21-35)38-26-27-39-44(51(3,4)5)32-43(40-31-41(48)45(33)47(38)46(39)40)50(36-22-14-8-15-23-36)37-24-16-9-17-25-37/h10-29,32-34H,30-31H2,1-9H3;6-27,30-32H,28-29H2,1-5H3. The zero-order valence-electron chi connectivity index (χ0n) is 64.8. The lowest BCUT2D eigenvalue weighted by Crippen LogP contribution is -2.38. The van der Waals surface area contributed by atoms with Crippen molar-refractivity contribution >= 4 is 173 Å². The molecule has 18 rings (SSSR count). The quantitative estimate of drug-likeness (QED) is 0.0749. The van der Waals surface area contributed by atoms with Crippen LogP contribution >= 0.6 is 0 Å². The Labute approximate surface area is 636 Å². The van der Waals surface area contributed by atoms with Gasteiger partial charge >= 0.3 is 0 Å². The Morgan fingerprint density at radius 3 is 0.850 bits per heavy atom. The molecule has 16 aromatic carbocycles. The van der Waals surface area contributed by atoms with E-state index in [4.69, 9.17) is 0 Å². The number of aryl methyl sites for hydroxylation is 3. The van der Waals surface area contributed by atoms with Gasteiger partial charge in [0.2, 0.25) is 0 Å². The summed E-state index contributed by atoms with van der Waals surface area (Å²) in [4.78, 5) is 10.00. The highest BCUT2D eigenvalue weighted by molar-refractivity contribution is 6.91. The lowest BCUT2D eigenvalue weighted by Gasteiger charge is -2.37. The van der Waals surface area contributed by atoms with Gasteiger partial charge in [0.1, 0.15) is 0 Å². The molecule has 0 aliphatic heterocycles. The molecule has 0 N–H and O–H groups in total. The molecule has 2 aliphatic carbocycles. The molecule has 7 heteroatoms. The highest BCUT2D eigenvalue weighted by atomic mass is 28.3. The first-order valence-electron chi connectivity index (χ1n) is 38.7. The van der Waals surface area contributed by atoms with Crippen LogP contribution in [-0.2, 0) is 23.7 Å². The van der Waals surface area contributed by atoms with Crippen LogP contribution in [0.15, 0.2) is 291 Å². The van der Waals surface area contributed by atoms with Crippen LogP contribution in [0, 0.1) is 6.92 Å². The number of hydrogen-bond donors (Lipinski definition) is 0. The highest BCUT2D eigenvalue weighted by Crippen LogP contribution is 2.57. The average Bonchev–Trinajstić information content (AvgIpc) is 0.697. The molecular formula is C100H98N4Si3. The molecule has 0 saturated heterocycles. The Kier molecular flexibility index (Phi) is 17.2. The maximum Gasteiger partial charge on any atom is 0.0785 e. The van der Waals surface area contributed by atoms with E-state index in [1.165, 1.54) is 176 Å². The van der Waals surface area contributed by atoms with E-state index in [0.29, 0.717) is 0 Å². The normalized spacial score (nSPS) is 14.1. The first-order valence-corrected chi connectivity index (χ1v) is 49.2. The molecule has 530 valence electrons. The number of nitrogens with zero attached hydrogens (tertiary/aromatic N) is 4. The van der Waals surface area contributed by atoms with Crippen LogP contribution in [0.5, 0.6) is 0 Å². The number of para-hydroxylation sites is 6. The predicted octanol–water partition coefficient (Wildman–Crippen LogP) is 27.4. The molecule has 0 aromatic heterocycles. The molecule has 0 spiro atoms. The maximum atomic E-state index is 2.58. The Hall–Kier alpha value is -10.5. The maximum absolute atomic E-state index is 2.58. The minimum absolute atomic E-state index is 0.0335. The summed E-state index contributed by atoms with van der Waals surface area (Å²) in [5, 5.41) is 21.0. The lowest BCUT2D eigenvalue weighted by atomic mass is 9.70. The molecule has 0 unspecified atom stereocenters. The molecule has 107 heavy (non-hydrogen) atoms. The predicted molar refractivity (Wildman–Crippen MR) is 475 cm³/mol. The van der Waals surface area contributed by atoms with Gasteiger partial charge in [0, 0.05) is 77.8 Å². The Morgan fingerprint density at radius 1 is 0.252 bits per heavy atom. The summed E-state index contributed by atoms with van der Waals surface area (Å²) in [6.07, 6.45) is 4.35. The Balaban J connectivity index is 0.000000158. The summed E-state index contributed by atoms with van der Waals surface area (Å²) in [6.45, 7) is 34.2. The minimum atomic E-state index is -1.83. The molecule has 0 amide bonds. The van der Waals surface area contributed by atoms with Crippen LogP contribution in [-0.4, -0.2) is 24.2 Å². The summed E-state index contributed by atoms with van der Waals surface area (Å²) in [7, 11) is -4.77. The van der Waals surface area contributed by atoms with E-state index in [1.807, 2.05) is 0 Å². The molecule has 16 aromatic rings. The topological polar surface area (TPSA) is 13.0 Å². The second-order valence-electron chi connectivity index (χ2n) is 34.7. The average molecular weight is 1440 g/mol. The van der Waals surface area contributed by atoms with Crippen molar-refractivity contribution in [3.63, 3.8) is 0 Å². The third-order valence-corrected chi connectivity index (χ3v) is 29.8. The zero-order valence-corrected chi connectivity index (χ0v) is 67.8. The van der Waals surface area contributed by atoms with Crippen LogP contribution in [0.4, 0.5) is 68.2 Å². The van der Waals surface area contributed by atoms with Crippen molar-refractivity contribution in [2.24, 2.45) is 0 Å². The first kappa shape index (κ1) is 69.5. The Morgan fingerprint density at radius 2 is 0.533 bits per heavy atom. The van der Waals surface area contributed by atoms with E-state index >= 15 is 0 Å². The largest absolute Gasteiger partial charge is 0.310 e. The summed E-state index contributed by atoms with van der Waals surface area (Å²) in [5.74, 6) is 0. The van der Waals surface area contributed by atoms with Crippen molar-refractivity contribution in [1.82, 2.24) is 0 Å². The van der Waals surface area contributed by atoms with Gasteiger partial charge in [-0.3, -0.25) is 0 Å². The molecule has 0 saturated carbocycles. The van der Waals surface area contributed by atoms with Crippen molar-refractivity contribution in [3.05, 3.63) is 319 Å². The molecule has 0 fully saturated rings. The van der Waals surface area contributed by atoms with Gasteiger partial charge < -0.3 is 19.6 Å². The SMILES string of the molecule is CC1(C)CCc2cc(N(c3ccccc3)c3ccccc3)c3ccc4c([Si](C)(C)C)cc(N(c5ccccc5)c5ccccc5)c5cc1c2c3c54.Cc1cc(N(c2ccccc2)c2ccc([Si](C)(C)C)cc2)c2cc3c4c(cc(N(c5ccccc5)c5ccc([Si](C)(C)C)cc5)c5ccc1c2c54)CCC3(C)C. The molecular weight excluding hydrogens is 1340 g/mol. The van der Waals surface area contributed by atoms with Crippen LogP contribution in [0.1, 0.15) is 68.4 Å². The van der Waals surface area contributed by atoms with E-state index in [0.717, 1.165) is 25.7 Å². The number of anilines is 12. The van der Waals surface area contributed by atoms with Crippen molar-refractivity contribution in [1.29, 1.82) is 0 Å². The highest BCUT2D eigenvalue weighted by Gasteiger charge is 2.37. The smallest absolute Gasteiger partial charge is 0.0785 e. The third kappa shape index (κ3) is 12.2. The van der Waals surface area contributed by atoms with Crippen LogP contribution in [0.3, 0.4) is 0 Å². The molecule has 0 radical (unpaired) electrons. The second-order valence-corrected chi connectivity index (χ2v) is 49.9. The first-order chi connectivity index (χ1) is 51.4. The van der Waals surface area contributed by atoms with Gasteiger partial charge in [0.25, 0.3) is 0 Å². The van der Waals surface area contributed by atoms with Gasteiger partial charge in [-0.05, 0) is 237 Å². The molecule has 4 nitrogen and oxygen atoms in total.